The van der Waals surface area contributed by atoms with E-state index in [0.29, 0.717) is 29.2 Å². The third-order valence-corrected chi connectivity index (χ3v) is 7.39. The number of carbonyl (C=O) groups is 2. The zero-order valence-corrected chi connectivity index (χ0v) is 20.3. The SMILES string of the molecule is CN1CCN(C(=O)c2ccc3c(c2)N(Cc2ccc(F)cc2)C(=O)C(=Cc2ccccc2)S3)CC1. The molecule has 2 amide bonds. The molecular formula is C28H26FN3O2S. The highest BCUT2D eigenvalue weighted by Gasteiger charge is 2.31. The minimum Gasteiger partial charge on any atom is -0.336 e. The summed E-state index contributed by atoms with van der Waals surface area (Å²) in [6.07, 6.45) is 1.89. The van der Waals surface area contributed by atoms with E-state index in [9.17, 15) is 14.0 Å². The number of thioether (sulfide) groups is 1. The maximum atomic E-state index is 13.6. The first kappa shape index (κ1) is 23.3. The molecule has 0 N–H and O–H groups in total. The van der Waals surface area contributed by atoms with Gasteiger partial charge in [0.2, 0.25) is 0 Å². The average molecular weight is 488 g/mol. The van der Waals surface area contributed by atoms with Crippen LogP contribution in [0.5, 0.6) is 0 Å². The lowest BCUT2D eigenvalue weighted by molar-refractivity contribution is -0.114. The zero-order chi connectivity index (χ0) is 24.4. The second kappa shape index (κ2) is 10.1. The molecule has 35 heavy (non-hydrogen) atoms. The fourth-order valence-corrected chi connectivity index (χ4v) is 5.30. The molecule has 0 bridgehead atoms. The molecule has 178 valence electrons. The summed E-state index contributed by atoms with van der Waals surface area (Å²) in [6, 6.07) is 21.5. The van der Waals surface area contributed by atoms with Crippen LogP contribution >= 0.6 is 11.8 Å². The minimum absolute atomic E-state index is 0.0225. The number of fused-ring (bicyclic) bond motifs is 1. The molecule has 0 spiro atoms. The Balaban J connectivity index is 1.51. The van der Waals surface area contributed by atoms with Crippen LogP contribution in [0.3, 0.4) is 0 Å². The molecule has 5 rings (SSSR count). The Labute approximate surface area is 208 Å². The van der Waals surface area contributed by atoms with Crippen LogP contribution in [0, 0.1) is 5.82 Å². The van der Waals surface area contributed by atoms with Gasteiger partial charge in [-0.3, -0.25) is 9.59 Å². The summed E-state index contributed by atoms with van der Waals surface area (Å²) < 4.78 is 13.5. The van der Waals surface area contributed by atoms with Gasteiger partial charge >= 0.3 is 0 Å². The number of rotatable bonds is 4. The van der Waals surface area contributed by atoms with Gasteiger partial charge in [-0.15, -0.1) is 0 Å². The molecule has 1 saturated heterocycles. The molecule has 0 aliphatic carbocycles. The summed E-state index contributed by atoms with van der Waals surface area (Å²) in [5, 5.41) is 0. The number of benzene rings is 3. The van der Waals surface area contributed by atoms with Gasteiger partial charge in [-0.2, -0.15) is 0 Å². The molecule has 0 saturated carbocycles. The van der Waals surface area contributed by atoms with Gasteiger partial charge in [-0.05, 0) is 54.6 Å². The number of hydrogen-bond acceptors (Lipinski definition) is 4. The fraction of sp³-hybridized carbons (Fsp3) is 0.214. The highest BCUT2D eigenvalue weighted by atomic mass is 32.2. The van der Waals surface area contributed by atoms with Crippen molar-refractivity contribution in [1.82, 2.24) is 9.80 Å². The van der Waals surface area contributed by atoms with Crippen molar-refractivity contribution in [2.24, 2.45) is 0 Å². The van der Waals surface area contributed by atoms with Crippen molar-refractivity contribution in [3.05, 3.63) is 100 Å². The quantitative estimate of drug-likeness (QED) is 0.492. The molecule has 0 atom stereocenters. The Morgan fingerprint density at radius 3 is 2.40 bits per heavy atom. The molecule has 2 heterocycles. The summed E-state index contributed by atoms with van der Waals surface area (Å²) in [5.41, 5.74) is 3.03. The van der Waals surface area contributed by atoms with Gasteiger partial charge in [0.1, 0.15) is 5.82 Å². The highest BCUT2D eigenvalue weighted by Crippen LogP contribution is 2.43. The molecule has 2 aliphatic heterocycles. The molecule has 5 nitrogen and oxygen atoms in total. The maximum Gasteiger partial charge on any atom is 0.265 e. The highest BCUT2D eigenvalue weighted by molar-refractivity contribution is 8.04. The van der Waals surface area contributed by atoms with E-state index in [1.54, 1.807) is 17.0 Å². The molecule has 7 heteroatoms. The first-order valence-electron chi connectivity index (χ1n) is 11.6. The number of amides is 2. The van der Waals surface area contributed by atoms with Crippen LogP contribution in [-0.2, 0) is 11.3 Å². The van der Waals surface area contributed by atoms with Gasteiger partial charge in [0.15, 0.2) is 0 Å². The largest absolute Gasteiger partial charge is 0.336 e. The van der Waals surface area contributed by atoms with Crippen LogP contribution in [0.4, 0.5) is 10.1 Å². The summed E-state index contributed by atoms with van der Waals surface area (Å²) in [7, 11) is 2.05. The number of halogens is 1. The first-order valence-corrected chi connectivity index (χ1v) is 12.4. The Kier molecular flexibility index (Phi) is 6.70. The average Bonchev–Trinajstić information content (AvgIpc) is 2.88. The number of anilines is 1. The summed E-state index contributed by atoms with van der Waals surface area (Å²) >= 11 is 1.41. The Hall–Kier alpha value is -3.42. The molecule has 1 fully saturated rings. The lowest BCUT2D eigenvalue weighted by Crippen LogP contribution is -2.47. The van der Waals surface area contributed by atoms with Crippen LogP contribution in [0.1, 0.15) is 21.5 Å². The van der Waals surface area contributed by atoms with Crippen LogP contribution in [0.25, 0.3) is 6.08 Å². The Morgan fingerprint density at radius 1 is 0.971 bits per heavy atom. The number of piperazine rings is 1. The van der Waals surface area contributed by atoms with Crippen LogP contribution in [-0.4, -0.2) is 54.8 Å². The van der Waals surface area contributed by atoms with Gasteiger partial charge in [-0.1, -0.05) is 54.2 Å². The van der Waals surface area contributed by atoms with E-state index in [0.717, 1.165) is 29.1 Å². The second-order valence-electron chi connectivity index (χ2n) is 8.82. The molecule has 0 aromatic heterocycles. The lowest BCUT2D eigenvalue weighted by atomic mass is 10.1. The molecule has 3 aromatic rings. The monoisotopic (exact) mass is 487 g/mol. The molecule has 0 unspecified atom stereocenters. The van der Waals surface area contributed by atoms with Crippen LogP contribution in [0.15, 0.2) is 82.6 Å². The predicted octanol–water partition coefficient (Wildman–Crippen LogP) is 4.89. The van der Waals surface area contributed by atoms with E-state index in [1.807, 2.05) is 59.5 Å². The Bertz CT molecular complexity index is 1270. The molecule has 0 radical (unpaired) electrons. The second-order valence-corrected chi connectivity index (χ2v) is 9.90. The van der Waals surface area contributed by atoms with Gasteiger partial charge < -0.3 is 14.7 Å². The summed E-state index contributed by atoms with van der Waals surface area (Å²) in [6.45, 7) is 3.34. The minimum atomic E-state index is -0.320. The topological polar surface area (TPSA) is 43.9 Å². The predicted molar refractivity (Wildman–Crippen MR) is 138 cm³/mol. The normalized spacial score (nSPS) is 17.5. The summed E-state index contributed by atoms with van der Waals surface area (Å²) in [5.74, 6) is -0.482. The Morgan fingerprint density at radius 2 is 1.69 bits per heavy atom. The summed E-state index contributed by atoms with van der Waals surface area (Å²) in [4.78, 5) is 34.1. The van der Waals surface area contributed by atoms with Crippen molar-refractivity contribution in [2.75, 3.05) is 38.1 Å². The van der Waals surface area contributed by atoms with Crippen molar-refractivity contribution in [1.29, 1.82) is 0 Å². The van der Waals surface area contributed by atoms with Gasteiger partial charge in [0, 0.05) is 36.6 Å². The molecule has 2 aliphatic rings. The fourth-order valence-electron chi connectivity index (χ4n) is 4.27. The van der Waals surface area contributed by atoms with Crippen molar-refractivity contribution in [3.63, 3.8) is 0 Å². The van der Waals surface area contributed by atoms with Gasteiger partial charge in [-0.25, -0.2) is 4.39 Å². The third kappa shape index (κ3) is 5.16. The number of nitrogens with zero attached hydrogens (tertiary/aromatic N) is 3. The van der Waals surface area contributed by atoms with Crippen LogP contribution < -0.4 is 4.90 Å². The van der Waals surface area contributed by atoms with Crippen molar-refractivity contribution in [3.8, 4) is 0 Å². The third-order valence-electron chi connectivity index (χ3n) is 6.31. The number of likely N-dealkylation sites (N-methyl/N-ethyl adjacent to an activating group) is 1. The smallest absolute Gasteiger partial charge is 0.265 e. The number of carbonyl (C=O) groups excluding carboxylic acids is 2. The molecule has 3 aromatic carbocycles. The van der Waals surface area contributed by atoms with Crippen molar-refractivity contribution < 1.29 is 14.0 Å². The zero-order valence-electron chi connectivity index (χ0n) is 19.5. The first-order chi connectivity index (χ1) is 17.0. The van der Waals surface area contributed by atoms with E-state index in [-0.39, 0.29) is 24.2 Å². The maximum absolute atomic E-state index is 13.6. The van der Waals surface area contributed by atoms with E-state index in [4.69, 9.17) is 0 Å². The van der Waals surface area contributed by atoms with E-state index >= 15 is 0 Å². The van der Waals surface area contributed by atoms with Gasteiger partial charge in [0.25, 0.3) is 11.8 Å². The standard InChI is InChI=1S/C28H26FN3O2S/c1-30-13-15-31(16-14-30)27(33)22-9-12-25-24(18-22)32(19-21-7-10-23(29)11-8-21)28(34)26(35-25)17-20-5-3-2-4-6-20/h2-12,17-18H,13-16,19H2,1H3. The lowest BCUT2D eigenvalue weighted by Gasteiger charge is -2.33. The molecular weight excluding hydrogens is 461 g/mol. The number of hydrogen-bond donors (Lipinski definition) is 0. The van der Waals surface area contributed by atoms with Crippen LogP contribution in [0.2, 0.25) is 0 Å². The van der Waals surface area contributed by atoms with E-state index in [1.165, 1.54) is 23.9 Å². The van der Waals surface area contributed by atoms with Crippen molar-refractivity contribution in [2.45, 2.75) is 11.4 Å². The van der Waals surface area contributed by atoms with E-state index < -0.39 is 0 Å². The van der Waals surface area contributed by atoms with E-state index in [2.05, 4.69) is 11.9 Å². The van der Waals surface area contributed by atoms with Crippen molar-refractivity contribution >= 4 is 35.3 Å². The van der Waals surface area contributed by atoms with Gasteiger partial charge in [0.05, 0.1) is 17.1 Å².